The van der Waals surface area contributed by atoms with Gasteiger partial charge in [-0.05, 0) is 12.1 Å². The summed E-state index contributed by atoms with van der Waals surface area (Å²) >= 11 is 0. The van der Waals surface area contributed by atoms with E-state index >= 15 is 0 Å². The van der Waals surface area contributed by atoms with Gasteiger partial charge in [0.1, 0.15) is 0 Å². The lowest BCUT2D eigenvalue weighted by Gasteiger charge is -1.97. The number of aromatic nitrogens is 3. The van der Waals surface area contributed by atoms with Crippen molar-refractivity contribution in [1.29, 1.82) is 0 Å². The second-order valence-electron chi connectivity index (χ2n) is 2.71. The summed E-state index contributed by atoms with van der Waals surface area (Å²) in [7, 11) is -1.13. The molecule has 2 aromatic rings. The molecule has 5 heteroatoms. The van der Waals surface area contributed by atoms with E-state index in [4.69, 9.17) is 0 Å². The molecule has 0 bridgehead atoms. The van der Waals surface area contributed by atoms with Gasteiger partial charge in [0.2, 0.25) is 0 Å². The molecule has 4 nitrogen and oxygen atoms in total. The molecule has 0 aromatic carbocycles. The van der Waals surface area contributed by atoms with E-state index in [1.165, 1.54) is 0 Å². The fraction of sp³-hybridized carbons (Fsp3) is 0.111. The highest BCUT2D eigenvalue weighted by Gasteiger charge is 2.06. The average molecular weight is 207 g/mol. The van der Waals surface area contributed by atoms with Crippen molar-refractivity contribution in [2.24, 2.45) is 0 Å². The smallest absolute Gasteiger partial charge is 0.196 e. The first-order valence-corrected chi connectivity index (χ1v) is 5.46. The molecule has 2 aromatic heterocycles. The number of aromatic amines is 1. The number of pyridine rings is 1. The number of rotatable bonds is 3. The number of hydrogen-bond donors (Lipinski definition) is 1. The fourth-order valence-corrected chi connectivity index (χ4v) is 2.02. The van der Waals surface area contributed by atoms with Crippen LogP contribution in [0.1, 0.15) is 5.69 Å². The van der Waals surface area contributed by atoms with Crippen molar-refractivity contribution in [3.8, 4) is 0 Å². The number of hydrogen-bond acceptors (Lipinski definition) is 3. The van der Waals surface area contributed by atoms with E-state index < -0.39 is 10.8 Å². The summed E-state index contributed by atoms with van der Waals surface area (Å²) in [5.74, 6) is 0.397. The Morgan fingerprint density at radius 3 is 2.86 bits per heavy atom. The van der Waals surface area contributed by atoms with Gasteiger partial charge in [0.05, 0.1) is 22.2 Å². The number of H-pyrrole nitrogens is 1. The van der Waals surface area contributed by atoms with Gasteiger partial charge >= 0.3 is 0 Å². The maximum Gasteiger partial charge on any atom is 0.196 e. The lowest BCUT2D eigenvalue weighted by molar-refractivity contribution is 0.676. The molecule has 0 aliphatic carbocycles. The molecule has 0 saturated heterocycles. The molecular formula is C9H9N3OS. The van der Waals surface area contributed by atoms with E-state index in [9.17, 15) is 4.21 Å². The molecule has 2 heterocycles. The third kappa shape index (κ3) is 2.05. The molecule has 0 aliphatic rings. The third-order valence-corrected chi connectivity index (χ3v) is 2.91. The molecule has 0 spiro atoms. The molecule has 0 saturated carbocycles. The first-order chi connectivity index (χ1) is 6.86. The quantitative estimate of drug-likeness (QED) is 0.820. The van der Waals surface area contributed by atoms with Gasteiger partial charge in [-0.3, -0.25) is 9.19 Å². The number of nitrogens with one attached hydrogen (secondary N) is 1. The molecule has 14 heavy (non-hydrogen) atoms. The van der Waals surface area contributed by atoms with Crippen LogP contribution in [0, 0.1) is 0 Å². The third-order valence-electron chi connectivity index (χ3n) is 1.69. The van der Waals surface area contributed by atoms with Crippen LogP contribution in [0.15, 0.2) is 41.9 Å². The van der Waals surface area contributed by atoms with Crippen LogP contribution in [0.25, 0.3) is 0 Å². The maximum absolute atomic E-state index is 11.7. The predicted molar refractivity (Wildman–Crippen MR) is 52.9 cm³/mol. The van der Waals surface area contributed by atoms with Gasteiger partial charge in [-0.15, -0.1) is 0 Å². The lowest BCUT2D eigenvalue weighted by Crippen LogP contribution is -1.99. The molecule has 0 radical (unpaired) electrons. The molecule has 1 unspecified atom stereocenters. The van der Waals surface area contributed by atoms with E-state index in [1.54, 1.807) is 18.6 Å². The molecular weight excluding hydrogens is 198 g/mol. The highest BCUT2D eigenvalue weighted by atomic mass is 32.2. The van der Waals surface area contributed by atoms with Gasteiger partial charge in [-0.1, -0.05) is 6.07 Å². The fourth-order valence-electron chi connectivity index (χ4n) is 1.06. The first kappa shape index (κ1) is 9.08. The standard InChI is InChI=1S/C9H9N3OS/c13-14(9-11-5-6-12-9)7-8-3-1-2-4-10-8/h1-6H,7H2,(H,11,12). The van der Waals surface area contributed by atoms with Crippen molar-refractivity contribution in [3.63, 3.8) is 0 Å². The summed E-state index contributed by atoms with van der Waals surface area (Å²) < 4.78 is 11.7. The Morgan fingerprint density at radius 2 is 2.21 bits per heavy atom. The van der Waals surface area contributed by atoms with Crippen molar-refractivity contribution in [2.75, 3.05) is 0 Å². The Labute approximate surface area is 83.9 Å². The number of imidazole rings is 1. The van der Waals surface area contributed by atoms with Crippen molar-refractivity contribution in [2.45, 2.75) is 10.9 Å². The normalized spacial score (nSPS) is 12.6. The number of nitrogens with zero attached hydrogens (tertiary/aromatic N) is 2. The summed E-state index contributed by atoms with van der Waals surface area (Å²) in [6.07, 6.45) is 4.94. The van der Waals surface area contributed by atoms with Crippen LogP contribution in [0.4, 0.5) is 0 Å². The largest absolute Gasteiger partial charge is 0.338 e. The summed E-state index contributed by atoms with van der Waals surface area (Å²) in [4.78, 5) is 10.8. The van der Waals surface area contributed by atoms with Gasteiger partial charge in [-0.2, -0.15) is 0 Å². The molecule has 72 valence electrons. The Hall–Kier alpha value is -1.49. The second kappa shape index (κ2) is 4.15. The van der Waals surface area contributed by atoms with E-state index in [-0.39, 0.29) is 0 Å². The van der Waals surface area contributed by atoms with Gasteiger partial charge in [0, 0.05) is 18.6 Å². The van der Waals surface area contributed by atoms with Crippen LogP contribution >= 0.6 is 0 Å². The molecule has 1 atom stereocenters. The summed E-state index contributed by atoms with van der Waals surface area (Å²) in [6.45, 7) is 0. The van der Waals surface area contributed by atoms with Crippen molar-refractivity contribution < 1.29 is 4.21 Å². The minimum atomic E-state index is -1.13. The monoisotopic (exact) mass is 207 g/mol. The van der Waals surface area contributed by atoms with E-state index in [1.807, 2.05) is 18.2 Å². The van der Waals surface area contributed by atoms with E-state index in [0.29, 0.717) is 10.9 Å². The topological polar surface area (TPSA) is 58.6 Å². The van der Waals surface area contributed by atoms with Gasteiger partial charge in [-0.25, -0.2) is 4.98 Å². The van der Waals surface area contributed by atoms with Crippen LogP contribution in [-0.4, -0.2) is 19.2 Å². The van der Waals surface area contributed by atoms with Crippen molar-refractivity contribution in [3.05, 3.63) is 42.5 Å². The molecule has 0 fully saturated rings. The average Bonchev–Trinajstić information content (AvgIpc) is 2.72. The molecule has 2 rings (SSSR count). The maximum atomic E-state index is 11.7. The summed E-state index contributed by atoms with van der Waals surface area (Å²) in [5, 5.41) is 0.496. The van der Waals surface area contributed by atoms with Gasteiger partial charge < -0.3 is 4.98 Å². The molecule has 1 N–H and O–H groups in total. The van der Waals surface area contributed by atoms with Gasteiger partial charge in [0.15, 0.2) is 5.16 Å². The zero-order chi connectivity index (χ0) is 9.80. The lowest BCUT2D eigenvalue weighted by atomic mass is 10.4. The van der Waals surface area contributed by atoms with Crippen molar-refractivity contribution >= 4 is 10.8 Å². The van der Waals surface area contributed by atoms with Crippen LogP contribution in [0.5, 0.6) is 0 Å². The van der Waals surface area contributed by atoms with Crippen LogP contribution in [0.2, 0.25) is 0 Å². The van der Waals surface area contributed by atoms with E-state index in [0.717, 1.165) is 5.69 Å². The Kier molecular flexibility index (Phi) is 2.69. The van der Waals surface area contributed by atoms with Crippen LogP contribution in [0.3, 0.4) is 0 Å². The summed E-state index contributed by atoms with van der Waals surface area (Å²) in [5.41, 5.74) is 0.808. The highest BCUT2D eigenvalue weighted by Crippen LogP contribution is 2.05. The second-order valence-corrected chi connectivity index (χ2v) is 4.07. The zero-order valence-electron chi connectivity index (χ0n) is 7.38. The molecule has 0 amide bonds. The first-order valence-electron chi connectivity index (χ1n) is 4.14. The van der Waals surface area contributed by atoms with Gasteiger partial charge in [0.25, 0.3) is 0 Å². The van der Waals surface area contributed by atoms with E-state index in [2.05, 4.69) is 15.0 Å². The van der Waals surface area contributed by atoms with Crippen LogP contribution in [-0.2, 0) is 16.6 Å². The predicted octanol–water partition coefficient (Wildman–Crippen LogP) is 1.11. The minimum absolute atomic E-state index is 0.397. The highest BCUT2D eigenvalue weighted by molar-refractivity contribution is 7.84. The van der Waals surface area contributed by atoms with Crippen LogP contribution < -0.4 is 0 Å². The van der Waals surface area contributed by atoms with Crippen molar-refractivity contribution in [1.82, 2.24) is 15.0 Å². The zero-order valence-corrected chi connectivity index (χ0v) is 8.20. The SMILES string of the molecule is O=S(Cc1ccccn1)c1ncc[nH]1. The Bertz CT molecular complexity index is 413. The Morgan fingerprint density at radius 1 is 1.29 bits per heavy atom. The summed E-state index contributed by atoms with van der Waals surface area (Å²) in [6, 6.07) is 5.56. The molecule has 0 aliphatic heterocycles. The Balaban J connectivity index is 2.10. The minimum Gasteiger partial charge on any atom is -0.338 e.